The van der Waals surface area contributed by atoms with Crippen LogP contribution in [0.25, 0.3) is 0 Å². The van der Waals surface area contributed by atoms with Crippen LogP contribution in [0.3, 0.4) is 0 Å². The lowest BCUT2D eigenvalue weighted by molar-refractivity contribution is 0.102. The van der Waals surface area contributed by atoms with Gasteiger partial charge in [0.25, 0.3) is 5.91 Å². The molecule has 0 atom stereocenters. The van der Waals surface area contributed by atoms with E-state index in [1.165, 1.54) is 21.3 Å². The van der Waals surface area contributed by atoms with Gasteiger partial charge in [0, 0.05) is 17.8 Å². The van der Waals surface area contributed by atoms with Gasteiger partial charge in [0.15, 0.2) is 18.1 Å². The van der Waals surface area contributed by atoms with Crippen molar-refractivity contribution in [1.29, 1.82) is 5.26 Å². The van der Waals surface area contributed by atoms with E-state index in [2.05, 4.69) is 5.32 Å². The van der Waals surface area contributed by atoms with Crippen molar-refractivity contribution in [3.8, 4) is 29.1 Å². The maximum atomic E-state index is 12.6. The number of rotatable bonds is 7. The number of hydrogen-bond donors (Lipinski definition) is 1. The molecule has 0 spiro atoms. The monoisotopic (exact) mass is 342 g/mol. The van der Waals surface area contributed by atoms with Crippen LogP contribution in [0.5, 0.6) is 23.0 Å². The summed E-state index contributed by atoms with van der Waals surface area (Å²) in [7, 11) is 4.47. The molecule has 0 aromatic heterocycles. The summed E-state index contributed by atoms with van der Waals surface area (Å²) in [6, 6.07) is 11.7. The number of hydrogen-bond acceptors (Lipinski definition) is 6. The predicted molar refractivity (Wildman–Crippen MR) is 91.6 cm³/mol. The van der Waals surface area contributed by atoms with Crippen LogP contribution in [0.15, 0.2) is 36.4 Å². The summed E-state index contributed by atoms with van der Waals surface area (Å²) in [5.41, 5.74) is 0.885. The first-order valence-electron chi connectivity index (χ1n) is 7.34. The topological polar surface area (TPSA) is 89.8 Å². The van der Waals surface area contributed by atoms with Crippen LogP contribution in [0, 0.1) is 11.3 Å². The highest BCUT2D eigenvalue weighted by molar-refractivity contribution is 6.06. The summed E-state index contributed by atoms with van der Waals surface area (Å²) in [6.45, 7) is -0.0332. The van der Waals surface area contributed by atoms with E-state index in [1.807, 2.05) is 6.07 Å². The molecule has 0 bridgehead atoms. The van der Waals surface area contributed by atoms with Crippen molar-refractivity contribution in [2.24, 2.45) is 0 Å². The Balaban J connectivity index is 2.21. The summed E-state index contributed by atoms with van der Waals surface area (Å²) >= 11 is 0. The Morgan fingerprint density at radius 1 is 1.00 bits per heavy atom. The van der Waals surface area contributed by atoms with Crippen molar-refractivity contribution in [3.05, 3.63) is 42.0 Å². The third-order valence-corrected chi connectivity index (χ3v) is 3.37. The molecule has 25 heavy (non-hydrogen) atoms. The molecule has 0 aliphatic carbocycles. The number of carbonyl (C=O) groups is 1. The van der Waals surface area contributed by atoms with E-state index < -0.39 is 0 Å². The van der Waals surface area contributed by atoms with Crippen molar-refractivity contribution >= 4 is 11.6 Å². The van der Waals surface area contributed by atoms with Crippen molar-refractivity contribution in [2.45, 2.75) is 0 Å². The second-order valence-corrected chi connectivity index (χ2v) is 4.83. The zero-order valence-corrected chi connectivity index (χ0v) is 14.2. The molecule has 2 rings (SSSR count). The van der Waals surface area contributed by atoms with E-state index in [-0.39, 0.29) is 12.5 Å². The molecule has 0 saturated heterocycles. The van der Waals surface area contributed by atoms with Gasteiger partial charge in [-0.1, -0.05) is 0 Å². The Hall–Kier alpha value is -3.40. The first-order chi connectivity index (χ1) is 12.1. The number of carbonyl (C=O) groups excluding carboxylic acids is 1. The summed E-state index contributed by atoms with van der Waals surface area (Å²) < 4.78 is 20.9. The molecular weight excluding hydrogens is 324 g/mol. The third kappa shape index (κ3) is 4.32. The van der Waals surface area contributed by atoms with Gasteiger partial charge in [-0.3, -0.25) is 4.79 Å². The minimum absolute atomic E-state index is 0.0332. The van der Waals surface area contributed by atoms with Crippen LogP contribution in [0.1, 0.15) is 10.4 Å². The molecule has 0 unspecified atom stereocenters. The molecule has 1 N–H and O–H groups in total. The lowest BCUT2D eigenvalue weighted by Crippen LogP contribution is -2.13. The number of anilines is 1. The molecule has 7 nitrogen and oxygen atoms in total. The number of benzene rings is 2. The third-order valence-electron chi connectivity index (χ3n) is 3.37. The first kappa shape index (κ1) is 17.9. The first-order valence-corrected chi connectivity index (χ1v) is 7.34. The van der Waals surface area contributed by atoms with E-state index >= 15 is 0 Å². The van der Waals surface area contributed by atoms with E-state index in [0.29, 0.717) is 34.2 Å². The van der Waals surface area contributed by atoms with E-state index in [1.54, 1.807) is 36.4 Å². The molecule has 2 aromatic carbocycles. The van der Waals surface area contributed by atoms with Crippen LogP contribution in [-0.2, 0) is 0 Å². The number of nitrogens with zero attached hydrogens (tertiary/aromatic N) is 1. The van der Waals surface area contributed by atoms with E-state index in [0.717, 1.165) is 0 Å². The van der Waals surface area contributed by atoms with Crippen LogP contribution >= 0.6 is 0 Å². The lowest BCUT2D eigenvalue weighted by atomic mass is 10.1. The van der Waals surface area contributed by atoms with Gasteiger partial charge >= 0.3 is 0 Å². The summed E-state index contributed by atoms with van der Waals surface area (Å²) in [6.07, 6.45) is 0. The molecule has 0 heterocycles. The summed E-state index contributed by atoms with van der Waals surface area (Å²) in [4.78, 5) is 12.6. The largest absolute Gasteiger partial charge is 0.496 e. The van der Waals surface area contributed by atoms with E-state index in [4.69, 9.17) is 24.2 Å². The average Bonchev–Trinajstić information content (AvgIpc) is 2.66. The molecule has 1 amide bonds. The summed E-state index contributed by atoms with van der Waals surface area (Å²) in [5.74, 6) is 1.44. The fourth-order valence-electron chi connectivity index (χ4n) is 2.16. The van der Waals surface area contributed by atoms with E-state index in [9.17, 15) is 4.79 Å². The zero-order valence-electron chi connectivity index (χ0n) is 14.2. The second kappa shape index (κ2) is 8.45. The molecule has 0 aliphatic rings. The Bertz CT molecular complexity index is 781. The maximum absolute atomic E-state index is 12.6. The quantitative estimate of drug-likeness (QED) is 0.832. The van der Waals surface area contributed by atoms with Gasteiger partial charge in [0.2, 0.25) is 0 Å². The molecule has 7 heteroatoms. The van der Waals surface area contributed by atoms with Crippen molar-refractivity contribution in [3.63, 3.8) is 0 Å². The van der Waals surface area contributed by atoms with Crippen LogP contribution in [0.2, 0.25) is 0 Å². The Morgan fingerprint density at radius 2 is 1.60 bits per heavy atom. The highest BCUT2D eigenvalue weighted by Gasteiger charge is 2.18. The standard InChI is InChI=1S/C18H18N2O5/c1-22-15-11-17(24-3)16(23-2)10-14(15)18(21)20-12-4-6-13(7-5-12)25-9-8-19/h4-7,10-11H,9H2,1-3H3,(H,20,21). The fraction of sp³-hybridized carbons (Fsp3) is 0.222. The SMILES string of the molecule is COc1cc(OC)c(C(=O)Nc2ccc(OCC#N)cc2)cc1OC. The molecule has 0 saturated carbocycles. The van der Waals surface area contributed by atoms with Gasteiger partial charge < -0.3 is 24.3 Å². The fourth-order valence-corrected chi connectivity index (χ4v) is 2.16. The van der Waals surface area contributed by atoms with Crippen LogP contribution < -0.4 is 24.3 Å². The van der Waals surface area contributed by atoms with Crippen molar-refractivity contribution in [1.82, 2.24) is 0 Å². The smallest absolute Gasteiger partial charge is 0.259 e. The van der Waals surface area contributed by atoms with Gasteiger partial charge in [-0.05, 0) is 24.3 Å². The van der Waals surface area contributed by atoms with Gasteiger partial charge in [0.1, 0.15) is 17.6 Å². The van der Waals surface area contributed by atoms with Crippen molar-refractivity contribution in [2.75, 3.05) is 33.3 Å². The second-order valence-electron chi connectivity index (χ2n) is 4.83. The molecule has 0 aliphatic heterocycles. The lowest BCUT2D eigenvalue weighted by Gasteiger charge is -2.14. The minimum Gasteiger partial charge on any atom is -0.496 e. The Labute approximate surface area is 145 Å². The highest BCUT2D eigenvalue weighted by atomic mass is 16.5. The molecule has 2 aromatic rings. The normalized spacial score (nSPS) is 9.68. The Morgan fingerprint density at radius 3 is 2.16 bits per heavy atom. The number of ether oxygens (including phenoxy) is 4. The zero-order chi connectivity index (χ0) is 18.2. The predicted octanol–water partition coefficient (Wildman–Crippen LogP) is 2.87. The van der Waals surface area contributed by atoms with Gasteiger partial charge in [-0.15, -0.1) is 0 Å². The number of methoxy groups -OCH3 is 3. The molecule has 0 fully saturated rings. The molecule has 0 radical (unpaired) electrons. The van der Waals surface area contributed by atoms with Gasteiger partial charge in [-0.2, -0.15) is 5.26 Å². The Kier molecular flexibility index (Phi) is 6.07. The number of nitrogens with one attached hydrogen (secondary N) is 1. The molecular formula is C18H18N2O5. The minimum atomic E-state index is -0.358. The van der Waals surface area contributed by atoms with Crippen LogP contribution in [-0.4, -0.2) is 33.8 Å². The maximum Gasteiger partial charge on any atom is 0.259 e. The molecule has 130 valence electrons. The van der Waals surface area contributed by atoms with Gasteiger partial charge in [-0.25, -0.2) is 0 Å². The summed E-state index contributed by atoms with van der Waals surface area (Å²) in [5, 5.41) is 11.3. The van der Waals surface area contributed by atoms with Crippen LogP contribution in [0.4, 0.5) is 5.69 Å². The number of amides is 1. The van der Waals surface area contributed by atoms with Crippen molar-refractivity contribution < 1.29 is 23.7 Å². The number of nitriles is 1. The van der Waals surface area contributed by atoms with Gasteiger partial charge in [0.05, 0.1) is 26.9 Å². The average molecular weight is 342 g/mol. The highest BCUT2D eigenvalue weighted by Crippen LogP contribution is 2.35.